The van der Waals surface area contributed by atoms with Crippen LogP contribution < -0.4 is 4.90 Å². The molecule has 1 N–H and O–H groups in total. The average molecular weight is 272 g/mol. The number of benzene rings is 1. The third kappa shape index (κ3) is 1.44. The van der Waals surface area contributed by atoms with Crippen LogP contribution in [0.2, 0.25) is 0 Å². The molecule has 0 unspecified atom stereocenters. The van der Waals surface area contributed by atoms with Crippen LogP contribution in [-0.4, -0.2) is 26.9 Å². The number of hydrogen-bond acceptors (Lipinski definition) is 5. The molecule has 3 rings (SSSR count). The van der Waals surface area contributed by atoms with Crippen molar-refractivity contribution in [1.82, 2.24) is 10.2 Å². The highest BCUT2D eigenvalue weighted by molar-refractivity contribution is 6.34. The van der Waals surface area contributed by atoms with Crippen LogP contribution in [0.5, 0.6) is 0 Å². The number of amides is 2. The van der Waals surface area contributed by atoms with Crippen molar-refractivity contribution in [2.75, 3.05) is 4.90 Å². The summed E-state index contributed by atoms with van der Waals surface area (Å²) in [6.45, 7) is 1.45. The van der Waals surface area contributed by atoms with Crippen LogP contribution in [0.15, 0.2) is 24.3 Å². The number of carbonyl (C=O) groups excluding carboxylic acids is 2. The number of nitrogens with one attached hydrogen (secondary N) is 1. The first-order valence-electron chi connectivity index (χ1n) is 5.69. The van der Waals surface area contributed by atoms with Gasteiger partial charge in [-0.2, -0.15) is 0 Å². The zero-order valence-electron chi connectivity index (χ0n) is 10.3. The number of aryl methyl sites for hydroxylation is 1. The molecule has 2 amide bonds. The molecule has 8 heteroatoms. The molecule has 1 aliphatic rings. The molecule has 8 nitrogen and oxygen atoms in total. The fourth-order valence-corrected chi connectivity index (χ4v) is 2.17. The first-order chi connectivity index (χ1) is 9.52. The molecule has 0 saturated carbocycles. The van der Waals surface area contributed by atoms with E-state index in [-0.39, 0.29) is 28.3 Å². The Bertz CT molecular complexity index is 730. The second kappa shape index (κ2) is 3.98. The number of fused-ring (bicyclic) bond motifs is 1. The van der Waals surface area contributed by atoms with E-state index in [1.807, 2.05) is 0 Å². The topological polar surface area (TPSA) is 109 Å². The Hall–Kier alpha value is -3.03. The molecule has 20 heavy (non-hydrogen) atoms. The molecule has 0 atom stereocenters. The minimum absolute atomic E-state index is 0.182. The lowest BCUT2D eigenvalue weighted by molar-refractivity contribution is -0.384. The number of H-pyrrole nitrogens is 1. The van der Waals surface area contributed by atoms with Crippen molar-refractivity contribution < 1.29 is 14.5 Å². The molecule has 0 radical (unpaired) electrons. The molecule has 0 fully saturated rings. The molecular formula is C12H8N4O4. The summed E-state index contributed by atoms with van der Waals surface area (Å²) >= 11 is 0. The molecule has 1 aliphatic heterocycles. The van der Waals surface area contributed by atoms with Gasteiger partial charge >= 0.3 is 5.69 Å². The standard InChI is InChI=1S/C12H8N4O4/c1-6-9(16(19)20)10(14-13-6)15-11(17)7-4-2-3-5-8(7)12(15)18/h2-5H,1H3,(H,13,14). The number of rotatable bonds is 2. The van der Waals surface area contributed by atoms with Crippen LogP contribution in [0.1, 0.15) is 26.4 Å². The van der Waals surface area contributed by atoms with Crippen molar-refractivity contribution in [3.05, 3.63) is 51.2 Å². The van der Waals surface area contributed by atoms with Gasteiger partial charge in [-0.25, -0.2) is 4.90 Å². The second-order valence-electron chi connectivity index (χ2n) is 4.27. The molecule has 0 aliphatic carbocycles. The lowest BCUT2D eigenvalue weighted by Crippen LogP contribution is -2.30. The fourth-order valence-electron chi connectivity index (χ4n) is 2.17. The average Bonchev–Trinajstić information content (AvgIpc) is 2.90. The summed E-state index contributed by atoms with van der Waals surface area (Å²) in [4.78, 5) is 35.5. The number of carbonyl (C=O) groups is 2. The van der Waals surface area contributed by atoms with E-state index >= 15 is 0 Å². The summed E-state index contributed by atoms with van der Waals surface area (Å²) in [5, 5.41) is 17.2. The van der Waals surface area contributed by atoms with Crippen LogP contribution in [0.3, 0.4) is 0 Å². The normalized spacial score (nSPS) is 13.8. The lowest BCUT2D eigenvalue weighted by atomic mass is 10.1. The monoisotopic (exact) mass is 272 g/mol. The SMILES string of the molecule is Cc1[nH]nc(N2C(=O)c3ccccc3C2=O)c1[N+](=O)[O-]. The lowest BCUT2D eigenvalue weighted by Gasteiger charge is -2.09. The number of nitrogens with zero attached hydrogens (tertiary/aromatic N) is 3. The second-order valence-corrected chi connectivity index (χ2v) is 4.27. The van der Waals surface area contributed by atoms with Gasteiger partial charge in [0.25, 0.3) is 11.8 Å². The highest BCUT2D eigenvalue weighted by atomic mass is 16.6. The van der Waals surface area contributed by atoms with Gasteiger partial charge in [0.2, 0.25) is 5.82 Å². The Morgan fingerprint density at radius 3 is 2.25 bits per heavy atom. The van der Waals surface area contributed by atoms with E-state index in [9.17, 15) is 19.7 Å². The predicted octanol–water partition coefficient (Wildman–Crippen LogP) is 1.43. The predicted molar refractivity (Wildman–Crippen MR) is 67.6 cm³/mol. The van der Waals surface area contributed by atoms with E-state index in [0.29, 0.717) is 0 Å². The number of nitro groups is 1. The minimum Gasteiger partial charge on any atom is -0.273 e. The Labute approximate surface area is 112 Å². The molecule has 0 spiro atoms. The summed E-state index contributed by atoms with van der Waals surface area (Å²) in [6, 6.07) is 6.25. The molecule has 2 aromatic rings. The fraction of sp³-hybridized carbons (Fsp3) is 0.0833. The van der Waals surface area contributed by atoms with Crippen molar-refractivity contribution >= 4 is 23.3 Å². The third-order valence-corrected chi connectivity index (χ3v) is 3.08. The maximum Gasteiger partial charge on any atom is 0.334 e. The van der Waals surface area contributed by atoms with Gasteiger partial charge < -0.3 is 0 Å². The molecule has 100 valence electrons. The zero-order valence-corrected chi connectivity index (χ0v) is 10.3. The van der Waals surface area contributed by atoms with Crippen molar-refractivity contribution in [1.29, 1.82) is 0 Å². The van der Waals surface area contributed by atoms with Gasteiger partial charge in [-0.05, 0) is 19.1 Å². The smallest absolute Gasteiger partial charge is 0.273 e. The summed E-state index contributed by atoms with van der Waals surface area (Å²) in [7, 11) is 0. The van der Waals surface area contributed by atoms with Gasteiger partial charge in [-0.15, -0.1) is 5.10 Å². The van der Waals surface area contributed by atoms with Gasteiger partial charge in [0.15, 0.2) is 0 Å². The van der Waals surface area contributed by atoms with Crippen LogP contribution in [0.25, 0.3) is 0 Å². The van der Waals surface area contributed by atoms with Crippen molar-refractivity contribution in [3.63, 3.8) is 0 Å². The van der Waals surface area contributed by atoms with E-state index < -0.39 is 16.7 Å². The van der Waals surface area contributed by atoms with Crippen LogP contribution in [-0.2, 0) is 0 Å². The highest BCUT2D eigenvalue weighted by Crippen LogP contribution is 2.34. The van der Waals surface area contributed by atoms with Gasteiger partial charge in [-0.1, -0.05) is 12.1 Å². The first kappa shape index (κ1) is 12.0. The van der Waals surface area contributed by atoms with E-state index in [0.717, 1.165) is 4.90 Å². The maximum absolute atomic E-state index is 12.2. The van der Waals surface area contributed by atoms with Crippen LogP contribution >= 0.6 is 0 Å². The number of hydrogen-bond donors (Lipinski definition) is 1. The Morgan fingerprint density at radius 2 is 1.75 bits per heavy atom. The largest absolute Gasteiger partial charge is 0.334 e. The van der Waals surface area contributed by atoms with Gasteiger partial charge in [0.05, 0.1) is 16.1 Å². The number of anilines is 1. The Kier molecular flexibility index (Phi) is 2.40. The van der Waals surface area contributed by atoms with Crippen molar-refractivity contribution in [2.24, 2.45) is 0 Å². The Balaban J connectivity index is 2.17. The van der Waals surface area contributed by atoms with E-state index in [1.165, 1.54) is 19.1 Å². The van der Waals surface area contributed by atoms with Crippen LogP contribution in [0.4, 0.5) is 11.5 Å². The van der Waals surface area contributed by atoms with E-state index in [1.54, 1.807) is 12.1 Å². The van der Waals surface area contributed by atoms with Gasteiger partial charge in [0, 0.05) is 0 Å². The van der Waals surface area contributed by atoms with Crippen molar-refractivity contribution in [2.45, 2.75) is 6.92 Å². The molecule has 1 aromatic heterocycles. The molecule has 2 heterocycles. The number of aromatic nitrogens is 2. The first-order valence-corrected chi connectivity index (χ1v) is 5.69. The zero-order chi connectivity index (χ0) is 14.4. The summed E-state index contributed by atoms with van der Waals surface area (Å²) in [5.41, 5.74) is 0.237. The van der Waals surface area contributed by atoms with E-state index in [4.69, 9.17) is 0 Å². The number of aromatic amines is 1. The van der Waals surface area contributed by atoms with Gasteiger partial charge in [-0.3, -0.25) is 24.8 Å². The Morgan fingerprint density at radius 1 is 1.20 bits per heavy atom. The van der Waals surface area contributed by atoms with E-state index in [2.05, 4.69) is 10.2 Å². The number of imide groups is 1. The highest BCUT2D eigenvalue weighted by Gasteiger charge is 2.41. The minimum atomic E-state index is -0.669. The quantitative estimate of drug-likeness (QED) is 0.505. The van der Waals surface area contributed by atoms with Crippen molar-refractivity contribution in [3.8, 4) is 0 Å². The molecular weight excluding hydrogens is 264 g/mol. The van der Waals surface area contributed by atoms with Crippen LogP contribution in [0, 0.1) is 17.0 Å². The third-order valence-electron chi connectivity index (χ3n) is 3.08. The molecule has 0 saturated heterocycles. The van der Waals surface area contributed by atoms with Gasteiger partial charge in [0.1, 0.15) is 5.69 Å². The summed E-state index contributed by atoms with van der Waals surface area (Å²) in [6.07, 6.45) is 0. The summed E-state index contributed by atoms with van der Waals surface area (Å²) < 4.78 is 0. The molecule has 0 bridgehead atoms. The maximum atomic E-state index is 12.2. The molecule has 1 aromatic carbocycles. The summed E-state index contributed by atoms with van der Waals surface area (Å²) in [5.74, 6) is -1.50.